The predicted molar refractivity (Wildman–Crippen MR) is 117 cm³/mol. The van der Waals surface area contributed by atoms with Crippen LogP contribution in [0.3, 0.4) is 0 Å². The van der Waals surface area contributed by atoms with Crippen molar-refractivity contribution in [2.24, 2.45) is 0 Å². The third kappa shape index (κ3) is 7.12. The van der Waals surface area contributed by atoms with E-state index in [-0.39, 0.29) is 23.5 Å². The van der Waals surface area contributed by atoms with Gasteiger partial charge in [0.25, 0.3) is 0 Å². The molecule has 0 spiro atoms. The molecule has 3 atom stereocenters. The lowest BCUT2D eigenvalue weighted by molar-refractivity contribution is -0.123. The van der Waals surface area contributed by atoms with Crippen LogP contribution >= 0.6 is 0 Å². The number of morpholine rings is 1. The molecule has 0 saturated carbocycles. The van der Waals surface area contributed by atoms with Gasteiger partial charge in [0.15, 0.2) is 0 Å². The number of carbonyl (C=O) groups excluding carboxylic acids is 1. The summed E-state index contributed by atoms with van der Waals surface area (Å²) >= 11 is 0. The number of nitrogens with one attached hydrogen (secondary N) is 2. The Kier molecular flexibility index (Phi) is 9.26. The first-order valence-corrected chi connectivity index (χ1v) is 12.4. The monoisotopic (exact) mass is 471 g/mol. The number of sulfonamides is 1. The fraction of sp³-hybridized carbons (Fsp3) is 0.667. The van der Waals surface area contributed by atoms with Gasteiger partial charge in [0.1, 0.15) is 5.75 Å². The number of ether oxygens (including phenoxy) is 3. The first kappa shape index (κ1) is 24.9. The molecular formula is C21H33N3O7S. The first-order chi connectivity index (χ1) is 15.4. The maximum atomic E-state index is 12.7. The van der Waals surface area contributed by atoms with Crippen LogP contribution in [-0.2, 0) is 24.3 Å². The molecule has 0 aliphatic carbocycles. The zero-order valence-corrected chi connectivity index (χ0v) is 19.2. The van der Waals surface area contributed by atoms with E-state index < -0.39 is 22.2 Å². The van der Waals surface area contributed by atoms with Crippen molar-refractivity contribution in [3.8, 4) is 5.75 Å². The van der Waals surface area contributed by atoms with Gasteiger partial charge in [-0.05, 0) is 43.5 Å². The molecule has 32 heavy (non-hydrogen) atoms. The SMILES string of the molecule is COc1ccc(S(=O)(=O)N[C@H]2CC[C@H](CCNC(=O)CN3CCOCC3)O[C@@H]2CO)cc1. The Morgan fingerprint density at radius 1 is 1.22 bits per heavy atom. The van der Waals surface area contributed by atoms with Crippen LogP contribution in [-0.4, -0.2) is 95.7 Å². The summed E-state index contributed by atoms with van der Waals surface area (Å²) in [6.45, 7) is 3.33. The molecule has 2 saturated heterocycles. The lowest BCUT2D eigenvalue weighted by Crippen LogP contribution is -2.51. The average molecular weight is 472 g/mol. The van der Waals surface area contributed by atoms with E-state index in [1.807, 2.05) is 0 Å². The number of rotatable bonds is 10. The highest BCUT2D eigenvalue weighted by molar-refractivity contribution is 7.89. The Morgan fingerprint density at radius 3 is 2.59 bits per heavy atom. The third-order valence-electron chi connectivity index (χ3n) is 5.73. The predicted octanol–water partition coefficient (Wildman–Crippen LogP) is -0.279. The van der Waals surface area contributed by atoms with Crippen LogP contribution in [0.25, 0.3) is 0 Å². The van der Waals surface area contributed by atoms with Gasteiger partial charge in [-0.2, -0.15) is 0 Å². The molecule has 2 heterocycles. The smallest absolute Gasteiger partial charge is 0.240 e. The number of hydrogen-bond donors (Lipinski definition) is 3. The lowest BCUT2D eigenvalue weighted by Gasteiger charge is -2.36. The number of aliphatic hydroxyl groups is 1. The summed E-state index contributed by atoms with van der Waals surface area (Å²) in [6, 6.07) is 5.58. The fourth-order valence-corrected chi connectivity index (χ4v) is 5.19. The topological polar surface area (TPSA) is 126 Å². The largest absolute Gasteiger partial charge is 0.497 e. The van der Waals surface area contributed by atoms with Crippen LogP contribution in [0.15, 0.2) is 29.2 Å². The van der Waals surface area contributed by atoms with Crippen molar-refractivity contribution in [2.45, 2.75) is 42.4 Å². The van der Waals surface area contributed by atoms with E-state index >= 15 is 0 Å². The van der Waals surface area contributed by atoms with E-state index in [0.29, 0.717) is 51.3 Å². The van der Waals surface area contributed by atoms with Crippen molar-refractivity contribution in [3.63, 3.8) is 0 Å². The number of amides is 1. The molecule has 0 aromatic heterocycles. The molecule has 1 aromatic carbocycles. The molecule has 1 aromatic rings. The van der Waals surface area contributed by atoms with Crippen LogP contribution in [0.4, 0.5) is 0 Å². The minimum Gasteiger partial charge on any atom is -0.497 e. The number of methoxy groups -OCH3 is 1. The van der Waals surface area contributed by atoms with Gasteiger partial charge in [-0.15, -0.1) is 0 Å². The van der Waals surface area contributed by atoms with Crippen molar-refractivity contribution < 1.29 is 32.5 Å². The second-order valence-corrected chi connectivity index (χ2v) is 9.70. The van der Waals surface area contributed by atoms with Crippen LogP contribution in [0.5, 0.6) is 5.75 Å². The summed E-state index contributed by atoms with van der Waals surface area (Å²) in [5.74, 6) is 0.532. The summed E-state index contributed by atoms with van der Waals surface area (Å²) in [6.07, 6.45) is 0.963. The van der Waals surface area contributed by atoms with Gasteiger partial charge < -0.3 is 24.6 Å². The maximum Gasteiger partial charge on any atom is 0.240 e. The summed E-state index contributed by atoms with van der Waals surface area (Å²) < 4.78 is 44.3. The van der Waals surface area contributed by atoms with Crippen molar-refractivity contribution >= 4 is 15.9 Å². The number of nitrogens with zero attached hydrogens (tertiary/aromatic N) is 1. The Morgan fingerprint density at radius 2 is 1.94 bits per heavy atom. The zero-order valence-electron chi connectivity index (χ0n) is 18.4. The Labute approximate surface area is 189 Å². The standard InChI is InChI=1S/C21H33N3O7S/c1-29-16-2-5-18(6-3-16)32(27,28)23-19-7-4-17(31-20(19)15-25)8-9-22-21(26)14-24-10-12-30-13-11-24/h2-3,5-6,17,19-20,23,25H,4,7-15H2,1H3,(H,22,26)/t17-,19+,20-/m1/s1. The van der Waals surface area contributed by atoms with E-state index in [9.17, 15) is 18.3 Å². The molecule has 3 N–H and O–H groups in total. The highest BCUT2D eigenvalue weighted by Gasteiger charge is 2.34. The van der Waals surface area contributed by atoms with Gasteiger partial charge in [0, 0.05) is 19.6 Å². The molecule has 10 nitrogen and oxygen atoms in total. The van der Waals surface area contributed by atoms with Crippen LogP contribution in [0.2, 0.25) is 0 Å². The number of benzene rings is 1. The highest BCUT2D eigenvalue weighted by Crippen LogP contribution is 2.24. The number of aliphatic hydroxyl groups excluding tert-OH is 1. The van der Waals surface area contributed by atoms with Crippen LogP contribution in [0.1, 0.15) is 19.3 Å². The molecule has 3 rings (SSSR count). The minimum atomic E-state index is -3.75. The van der Waals surface area contributed by atoms with Gasteiger partial charge in [-0.1, -0.05) is 0 Å². The molecule has 2 aliphatic heterocycles. The molecule has 2 fully saturated rings. The molecule has 0 radical (unpaired) electrons. The van der Waals surface area contributed by atoms with E-state index in [4.69, 9.17) is 14.2 Å². The van der Waals surface area contributed by atoms with Crippen LogP contribution in [0, 0.1) is 0 Å². The summed E-state index contributed by atoms with van der Waals surface area (Å²) in [7, 11) is -2.24. The fourth-order valence-electron chi connectivity index (χ4n) is 3.89. The average Bonchev–Trinajstić information content (AvgIpc) is 2.80. The second kappa shape index (κ2) is 11.9. The van der Waals surface area contributed by atoms with Gasteiger partial charge >= 0.3 is 0 Å². The molecular weight excluding hydrogens is 438 g/mol. The van der Waals surface area contributed by atoms with E-state index in [2.05, 4.69) is 14.9 Å². The summed E-state index contributed by atoms with van der Waals surface area (Å²) in [4.78, 5) is 14.3. The maximum absolute atomic E-state index is 12.7. The van der Waals surface area contributed by atoms with Gasteiger partial charge in [0.05, 0.1) is 56.6 Å². The van der Waals surface area contributed by atoms with E-state index in [1.165, 1.54) is 19.2 Å². The third-order valence-corrected chi connectivity index (χ3v) is 7.24. The van der Waals surface area contributed by atoms with E-state index in [0.717, 1.165) is 13.1 Å². The van der Waals surface area contributed by atoms with Gasteiger partial charge in [-0.3, -0.25) is 9.69 Å². The zero-order chi connectivity index (χ0) is 23.0. The molecule has 0 bridgehead atoms. The highest BCUT2D eigenvalue weighted by atomic mass is 32.2. The molecule has 0 unspecified atom stereocenters. The van der Waals surface area contributed by atoms with Crippen molar-refractivity contribution in [1.82, 2.24) is 14.9 Å². The number of carbonyl (C=O) groups is 1. The Hall–Kier alpha value is -1.76. The van der Waals surface area contributed by atoms with Gasteiger partial charge in [-0.25, -0.2) is 13.1 Å². The Balaban J connectivity index is 1.44. The molecule has 11 heteroatoms. The minimum absolute atomic E-state index is 0.0356. The molecule has 2 aliphatic rings. The van der Waals surface area contributed by atoms with Gasteiger partial charge in [0.2, 0.25) is 15.9 Å². The first-order valence-electron chi connectivity index (χ1n) is 10.9. The summed E-state index contributed by atoms with van der Waals surface area (Å²) in [5, 5.41) is 12.7. The lowest BCUT2D eigenvalue weighted by atomic mass is 9.98. The van der Waals surface area contributed by atoms with Crippen molar-refractivity contribution in [1.29, 1.82) is 0 Å². The van der Waals surface area contributed by atoms with Crippen LogP contribution < -0.4 is 14.8 Å². The Bertz CT molecular complexity index is 828. The second-order valence-electron chi connectivity index (χ2n) is 7.99. The molecule has 1 amide bonds. The quantitative estimate of drug-likeness (QED) is 0.425. The van der Waals surface area contributed by atoms with Crippen molar-refractivity contribution in [3.05, 3.63) is 24.3 Å². The number of hydrogen-bond acceptors (Lipinski definition) is 8. The molecule has 180 valence electrons. The van der Waals surface area contributed by atoms with Crippen molar-refractivity contribution in [2.75, 3.05) is 53.1 Å². The van der Waals surface area contributed by atoms with E-state index in [1.54, 1.807) is 12.1 Å². The normalized spacial score (nSPS) is 24.8. The summed E-state index contributed by atoms with van der Waals surface area (Å²) in [5.41, 5.74) is 0.